The molecule has 0 spiro atoms. The van der Waals surface area contributed by atoms with Crippen LogP contribution in [0, 0.1) is 6.92 Å². The van der Waals surface area contributed by atoms with Crippen molar-refractivity contribution in [3.05, 3.63) is 11.9 Å². The van der Waals surface area contributed by atoms with Crippen molar-refractivity contribution in [3.63, 3.8) is 0 Å². The van der Waals surface area contributed by atoms with Gasteiger partial charge in [0.05, 0.1) is 0 Å². The lowest BCUT2D eigenvalue weighted by molar-refractivity contribution is 0.730. The van der Waals surface area contributed by atoms with Gasteiger partial charge in [0.2, 0.25) is 0 Å². The van der Waals surface area contributed by atoms with Crippen LogP contribution in [-0.4, -0.2) is 29.6 Å². The third kappa shape index (κ3) is 5.45. The molecule has 1 heterocycles. The summed E-state index contributed by atoms with van der Waals surface area (Å²) in [4.78, 5) is 11.4. The Hall–Kier alpha value is -1.32. The lowest BCUT2D eigenvalue weighted by atomic mass is 10.3. The number of hydrogen-bond donors (Lipinski definition) is 1. The molecule has 0 unspecified atom stereocenters. The zero-order chi connectivity index (χ0) is 14.1. The highest BCUT2D eigenvalue weighted by molar-refractivity contribution is 5.49. The van der Waals surface area contributed by atoms with Gasteiger partial charge in [-0.25, -0.2) is 9.97 Å². The second-order valence-corrected chi connectivity index (χ2v) is 4.93. The molecular weight excluding hydrogens is 236 g/mol. The second-order valence-electron chi connectivity index (χ2n) is 4.93. The molecule has 0 radical (unpaired) electrons. The second kappa shape index (κ2) is 8.73. The van der Waals surface area contributed by atoms with Crippen LogP contribution in [0.15, 0.2) is 6.07 Å². The van der Waals surface area contributed by atoms with E-state index in [1.807, 2.05) is 6.92 Å². The van der Waals surface area contributed by atoms with Gasteiger partial charge in [0.1, 0.15) is 17.5 Å². The molecule has 0 aliphatic carbocycles. The Kier molecular flexibility index (Phi) is 7.23. The molecule has 0 bridgehead atoms. The van der Waals surface area contributed by atoms with Crippen molar-refractivity contribution < 1.29 is 0 Å². The minimum absolute atomic E-state index is 0.841. The fraction of sp³-hybridized carbons (Fsp3) is 0.733. The molecule has 0 saturated heterocycles. The third-order valence-electron chi connectivity index (χ3n) is 2.97. The molecule has 108 valence electrons. The molecule has 0 amide bonds. The number of hydrogen-bond acceptors (Lipinski definition) is 4. The number of nitrogens with one attached hydrogen (secondary N) is 1. The number of nitrogens with zero attached hydrogens (tertiary/aromatic N) is 3. The van der Waals surface area contributed by atoms with Gasteiger partial charge in [-0.3, -0.25) is 0 Å². The van der Waals surface area contributed by atoms with E-state index in [0.29, 0.717) is 0 Å². The van der Waals surface area contributed by atoms with Crippen molar-refractivity contribution in [2.24, 2.45) is 0 Å². The molecule has 1 N–H and O–H groups in total. The van der Waals surface area contributed by atoms with Crippen LogP contribution in [0.3, 0.4) is 0 Å². The summed E-state index contributed by atoms with van der Waals surface area (Å²) in [7, 11) is 0. The normalized spacial score (nSPS) is 10.5. The summed E-state index contributed by atoms with van der Waals surface area (Å²) in [6.07, 6.45) is 4.65. The fourth-order valence-corrected chi connectivity index (χ4v) is 2.08. The van der Waals surface area contributed by atoms with E-state index >= 15 is 0 Å². The zero-order valence-electron chi connectivity index (χ0n) is 12.9. The highest BCUT2D eigenvalue weighted by Crippen LogP contribution is 2.16. The Morgan fingerprint density at radius 2 is 1.74 bits per heavy atom. The first-order valence-electron chi connectivity index (χ1n) is 7.55. The van der Waals surface area contributed by atoms with Gasteiger partial charge in [0.25, 0.3) is 0 Å². The summed E-state index contributed by atoms with van der Waals surface area (Å²) in [6.45, 7) is 11.7. The molecule has 19 heavy (non-hydrogen) atoms. The van der Waals surface area contributed by atoms with Crippen LogP contribution < -0.4 is 10.2 Å². The average molecular weight is 264 g/mol. The zero-order valence-corrected chi connectivity index (χ0v) is 12.9. The van der Waals surface area contributed by atoms with E-state index in [-0.39, 0.29) is 0 Å². The van der Waals surface area contributed by atoms with Crippen molar-refractivity contribution in [1.29, 1.82) is 0 Å². The minimum atomic E-state index is 0.841. The molecule has 1 aromatic heterocycles. The highest BCUT2D eigenvalue weighted by Gasteiger charge is 2.08. The molecule has 0 aromatic carbocycles. The van der Waals surface area contributed by atoms with Gasteiger partial charge in [-0.05, 0) is 26.2 Å². The number of unbranched alkanes of at least 4 members (excludes halogenated alkanes) is 1. The SMILES string of the molecule is CCCCNc1cc(N(CCC)CCC)nc(C)n1. The summed E-state index contributed by atoms with van der Waals surface area (Å²) in [5.74, 6) is 2.84. The minimum Gasteiger partial charge on any atom is -0.370 e. The van der Waals surface area contributed by atoms with E-state index in [4.69, 9.17) is 0 Å². The van der Waals surface area contributed by atoms with Crippen LogP contribution in [-0.2, 0) is 0 Å². The van der Waals surface area contributed by atoms with Crippen LogP contribution in [0.1, 0.15) is 52.3 Å². The first kappa shape index (κ1) is 15.7. The maximum atomic E-state index is 4.57. The third-order valence-corrected chi connectivity index (χ3v) is 2.97. The van der Waals surface area contributed by atoms with E-state index in [9.17, 15) is 0 Å². The number of anilines is 2. The van der Waals surface area contributed by atoms with Gasteiger partial charge in [0, 0.05) is 25.7 Å². The smallest absolute Gasteiger partial charge is 0.134 e. The van der Waals surface area contributed by atoms with Gasteiger partial charge in [-0.1, -0.05) is 27.2 Å². The molecule has 4 heteroatoms. The maximum absolute atomic E-state index is 4.57. The Labute approximate surface area is 117 Å². The van der Waals surface area contributed by atoms with Crippen molar-refractivity contribution in [3.8, 4) is 0 Å². The van der Waals surface area contributed by atoms with Gasteiger partial charge >= 0.3 is 0 Å². The molecule has 0 aliphatic rings. The Bertz CT molecular complexity index is 359. The monoisotopic (exact) mass is 264 g/mol. The van der Waals surface area contributed by atoms with Crippen molar-refractivity contribution in [2.45, 2.75) is 53.4 Å². The summed E-state index contributed by atoms with van der Waals surface area (Å²) in [6, 6.07) is 2.08. The van der Waals surface area contributed by atoms with Crippen LogP contribution in [0.25, 0.3) is 0 Å². The largest absolute Gasteiger partial charge is 0.370 e. The molecule has 0 aliphatic heterocycles. The number of rotatable bonds is 9. The van der Waals surface area contributed by atoms with Crippen molar-refractivity contribution in [2.75, 3.05) is 29.9 Å². The van der Waals surface area contributed by atoms with Gasteiger partial charge < -0.3 is 10.2 Å². The highest BCUT2D eigenvalue weighted by atomic mass is 15.2. The summed E-state index contributed by atoms with van der Waals surface area (Å²) >= 11 is 0. The molecule has 1 rings (SSSR count). The van der Waals surface area contributed by atoms with Crippen LogP contribution in [0.4, 0.5) is 11.6 Å². The predicted octanol–water partition coefficient (Wildman–Crippen LogP) is 3.62. The first-order chi connectivity index (χ1) is 9.21. The van der Waals surface area contributed by atoms with Crippen molar-refractivity contribution >= 4 is 11.6 Å². The molecular formula is C15H28N4. The summed E-state index contributed by atoms with van der Waals surface area (Å²) in [5.41, 5.74) is 0. The summed E-state index contributed by atoms with van der Waals surface area (Å²) in [5, 5.41) is 3.39. The number of aryl methyl sites for hydroxylation is 1. The van der Waals surface area contributed by atoms with E-state index < -0.39 is 0 Å². The Balaban J connectivity index is 2.80. The lowest BCUT2D eigenvalue weighted by Gasteiger charge is -2.23. The average Bonchev–Trinajstić information content (AvgIpc) is 2.38. The Morgan fingerprint density at radius 1 is 1.05 bits per heavy atom. The van der Waals surface area contributed by atoms with E-state index in [1.54, 1.807) is 0 Å². The fourth-order valence-electron chi connectivity index (χ4n) is 2.08. The van der Waals surface area contributed by atoms with Crippen LogP contribution in [0.5, 0.6) is 0 Å². The van der Waals surface area contributed by atoms with E-state index in [2.05, 4.69) is 47.0 Å². The molecule has 0 saturated carbocycles. The topological polar surface area (TPSA) is 41.0 Å². The maximum Gasteiger partial charge on any atom is 0.134 e. The molecule has 4 nitrogen and oxygen atoms in total. The van der Waals surface area contributed by atoms with E-state index in [1.165, 1.54) is 12.8 Å². The van der Waals surface area contributed by atoms with E-state index in [0.717, 1.165) is 49.9 Å². The molecule has 0 fully saturated rings. The van der Waals surface area contributed by atoms with Crippen molar-refractivity contribution in [1.82, 2.24) is 9.97 Å². The quantitative estimate of drug-likeness (QED) is 0.692. The summed E-state index contributed by atoms with van der Waals surface area (Å²) < 4.78 is 0. The molecule has 0 atom stereocenters. The standard InChI is InChI=1S/C15H28N4/c1-5-8-9-16-14-12-15(18-13(4)17-14)19(10-6-2)11-7-3/h12H,5-11H2,1-4H3,(H,16,17,18). The number of aromatic nitrogens is 2. The van der Waals surface area contributed by atoms with Gasteiger partial charge in [-0.15, -0.1) is 0 Å². The first-order valence-corrected chi connectivity index (χ1v) is 7.55. The molecule has 1 aromatic rings. The predicted molar refractivity (Wildman–Crippen MR) is 83.0 cm³/mol. The lowest BCUT2D eigenvalue weighted by Crippen LogP contribution is -2.26. The Morgan fingerprint density at radius 3 is 2.32 bits per heavy atom. The van der Waals surface area contributed by atoms with Gasteiger partial charge in [0.15, 0.2) is 0 Å². The van der Waals surface area contributed by atoms with Crippen LogP contribution in [0.2, 0.25) is 0 Å². The van der Waals surface area contributed by atoms with Gasteiger partial charge in [-0.2, -0.15) is 0 Å². The van der Waals surface area contributed by atoms with Crippen LogP contribution >= 0.6 is 0 Å².